The lowest BCUT2D eigenvalue weighted by atomic mass is 10.1. The van der Waals surface area contributed by atoms with Gasteiger partial charge < -0.3 is 20.7 Å². The zero-order valence-electron chi connectivity index (χ0n) is 13.0. The Balaban J connectivity index is 1.74. The second-order valence-corrected chi connectivity index (χ2v) is 5.15. The fraction of sp³-hybridized carbons (Fsp3) is 0.0625. The molecule has 0 radical (unpaired) electrons. The summed E-state index contributed by atoms with van der Waals surface area (Å²) < 4.78 is 43.2. The summed E-state index contributed by atoms with van der Waals surface area (Å²) >= 11 is 0. The summed E-state index contributed by atoms with van der Waals surface area (Å²) in [4.78, 5) is 8.01. The molecule has 0 amide bonds. The van der Waals surface area contributed by atoms with Gasteiger partial charge in [-0.3, -0.25) is 4.98 Å². The minimum atomic E-state index is -4.39. The van der Waals surface area contributed by atoms with E-state index in [2.05, 4.69) is 20.4 Å². The van der Waals surface area contributed by atoms with Crippen LogP contribution in [0.4, 0.5) is 24.9 Å². The van der Waals surface area contributed by atoms with Gasteiger partial charge in [0.05, 0.1) is 23.6 Å². The first-order valence-corrected chi connectivity index (χ1v) is 7.21. The number of oxazole rings is 1. The summed E-state index contributed by atoms with van der Waals surface area (Å²) in [5.41, 5.74) is 5.95. The molecule has 3 aromatic rings. The molecule has 0 fully saturated rings. The van der Waals surface area contributed by atoms with Gasteiger partial charge >= 0.3 is 6.18 Å². The van der Waals surface area contributed by atoms with E-state index in [1.807, 2.05) is 0 Å². The number of rotatable bonds is 4. The normalized spacial score (nSPS) is 12.2. The molecule has 2 aromatic heterocycles. The molecule has 4 N–H and O–H groups in total. The number of aromatic nitrogens is 2. The summed E-state index contributed by atoms with van der Waals surface area (Å²) in [6, 6.07) is 7.83. The van der Waals surface area contributed by atoms with Crippen LogP contribution in [-0.4, -0.2) is 21.0 Å². The van der Waals surface area contributed by atoms with Gasteiger partial charge in [-0.05, 0) is 24.3 Å². The molecule has 0 aliphatic rings. The van der Waals surface area contributed by atoms with Gasteiger partial charge in [-0.1, -0.05) is 17.3 Å². The van der Waals surface area contributed by atoms with Crippen molar-refractivity contribution in [3.8, 4) is 11.3 Å². The molecule has 0 bridgehead atoms. The van der Waals surface area contributed by atoms with Crippen LogP contribution >= 0.6 is 0 Å². The van der Waals surface area contributed by atoms with E-state index in [1.165, 1.54) is 30.6 Å². The lowest BCUT2D eigenvalue weighted by Crippen LogP contribution is -2.14. The SMILES string of the molecule is N/C(=N\O)c1ccc(Nc2ncc(-c3ccc(C(F)(F)F)cc3)o2)cn1. The Morgan fingerprint density at radius 2 is 1.81 bits per heavy atom. The van der Waals surface area contributed by atoms with E-state index in [1.54, 1.807) is 6.07 Å². The van der Waals surface area contributed by atoms with Gasteiger partial charge in [-0.25, -0.2) is 4.98 Å². The maximum Gasteiger partial charge on any atom is 0.416 e. The van der Waals surface area contributed by atoms with Crippen molar-refractivity contribution in [1.82, 2.24) is 9.97 Å². The van der Waals surface area contributed by atoms with Crippen LogP contribution in [0.1, 0.15) is 11.3 Å². The molecule has 1 aromatic carbocycles. The summed E-state index contributed by atoms with van der Waals surface area (Å²) in [6.07, 6.45) is -1.57. The van der Waals surface area contributed by atoms with Crippen LogP contribution in [-0.2, 0) is 6.18 Å². The highest BCUT2D eigenvalue weighted by atomic mass is 19.4. The maximum absolute atomic E-state index is 12.6. The number of nitrogens with zero attached hydrogens (tertiary/aromatic N) is 3. The lowest BCUT2D eigenvalue weighted by Gasteiger charge is -2.06. The largest absolute Gasteiger partial charge is 0.423 e. The van der Waals surface area contributed by atoms with Crippen LogP contribution in [0.5, 0.6) is 0 Å². The van der Waals surface area contributed by atoms with Crippen LogP contribution in [0, 0.1) is 0 Å². The third-order valence-electron chi connectivity index (χ3n) is 3.39. The Kier molecular flexibility index (Phi) is 4.48. The first-order valence-electron chi connectivity index (χ1n) is 7.21. The highest BCUT2D eigenvalue weighted by molar-refractivity contribution is 5.95. The molecule has 2 heterocycles. The third-order valence-corrected chi connectivity index (χ3v) is 3.39. The van der Waals surface area contributed by atoms with Gasteiger partial charge in [0.15, 0.2) is 11.6 Å². The quantitative estimate of drug-likeness (QED) is 0.283. The Morgan fingerprint density at radius 3 is 2.38 bits per heavy atom. The van der Waals surface area contributed by atoms with Crippen molar-refractivity contribution in [2.45, 2.75) is 6.18 Å². The Bertz CT molecular complexity index is 918. The zero-order chi connectivity index (χ0) is 18.7. The topological polar surface area (TPSA) is 110 Å². The van der Waals surface area contributed by atoms with Gasteiger partial charge in [-0.2, -0.15) is 13.2 Å². The van der Waals surface area contributed by atoms with Gasteiger partial charge in [0.2, 0.25) is 0 Å². The molecule has 0 unspecified atom stereocenters. The minimum absolute atomic E-state index is 0.128. The number of pyridine rings is 1. The van der Waals surface area contributed by atoms with E-state index in [0.717, 1.165) is 12.1 Å². The molecule has 26 heavy (non-hydrogen) atoms. The van der Waals surface area contributed by atoms with E-state index in [0.29, 0.717) is 17.0 Å². The van der Waals surface area contributed by atoms with Crippen molar-refractivity contribution in [2.75, 3.05) is 5.32 Å². The predicted molar refractivity (Wildman–Crippen MR) is 87.0 cm³/mol. The van der Waals surface area contributed by atoms with Crippen LogP contribution in [0.15, 0.2) is 58.4 Å². The Morgan fingerprint density at radius 1 is 1.08 bits per heavy atom. The van der Waals surface area contributed by atoms with E-state index >= 15 is 0 Å². The summed E-state index contributed by atoms with van der Waals surface area (Å²) in [5, 5.41) is 14.3. The molecule has 0 aliphatic heterocycles. The first-order chi connectivity index (χ1) is 12.4. The number of halogens is 3. The van der Waals surface area contributed by atoms with E-state index in [-0.39, 0.29) is 17.5 Å². The second kappa shape index (κ2) is 6.75. The number of benzene rings is 1. The molecule has 0 aliphatic carbocycles. The molecule has 0 atom stereocenters. The van der Waals surface area contributed by atoms with Crippen LogP contribution < -0.4 is 11.1 Å². The second-order valence-electron chi connectivity index (χ2n) is 5.15. The van der Waals surface area contributed by atoms with E-state index in [4.69, 9.17) is 15.4 Å². The summed E-state index contributed by atoms with van der Waals surface area (Å²) in [6.45, 7) is 0. The molecule has 7 nitrogen and oxygen atoms in total. The van der Waals surface area contributed by atoms with Gasteiger partial charge in [-0.15, -0.1) is 0 Å². The van der Waals surface area contributed by atoms with Gasteiger partial charge in [0, 0.05) is 5.56 Å². The fourth-order valence-corrected chi connectivity index (χ4v) is 2.08. The molecule has 0 saturated heterocycles. The third kappa shape index (κ3) is 3.74. The first kappa shape index (κ1) is 17.3. The summed E-state index contributed by atoms with van der Waals surface area (Å²) in [5.74, 6) is 0.180. The summed E-state index contributed by atoms with van der Waals surface area (Å²) in [7, 11) is 0. The van der Waals surface area contributed by atoms with Crippen LogP contribution in [0.3, 0.4) is 0 Å². The number of hydrogen-bond acceptors (Lipinski definition) is 6. The number of amidine groups is 1. The molecule has 0 spiro atoms. The van der Waals surface area contributed by atoms with Crippen molar-refractivity contribution in [2.24, 2.45) is 10.9 Å². The monoisotopic (exact) mass is 363 g/mol. The molecule has 10 heteroatoms. The minimum Gasteiger partial charge on any atom is -0.423 e. The van der Waals surface area contributed by atoms with E-state index < -0.39 is 11.7 Å². The molecule has 134 valence electrons. The smallest absolute Gasteiger partial charge is 0.416 e. The highest BCUT2D eigenvalue weighted by Crippen LogP contribution is 2.31. The number of alkyl halides is 3. The molecular formula is C16H12F3N5O2. The average Bonchev–Trinajstić information content (AvgIpc) is 3.09. The fourth-order valence-electron chi connectivity index (χ4n) is 2.08. The number of anilines is 2. The van der Waals surface area contributed by atoms with Crippen LogP contribution in [0.25, 0.3) is 11.3 Å². The van der Waals surface area contributed by atoms with Gasteiger partial charge in [0.25, 0.3) is 6.01 Å². The standard InChI is InChI=1S/C16H12F3N5O2/c17-16(18,19)10-3-1-9(2-4-10)13-8-22-15(26-13)23-11-5-6-12(21-7-11)14(20)24-25/h1-8,25H,(H2,20,24)(H,22,23). The molecular weight excluding hydrogens is 351 g/mol. The number of nitrogens with two attached hydrogens (primary N) is 1. The van der Waals surface area contributed by atoms with Crippen molar-refractivity contribution < 1.29 is 22.8 Å². The van der Waals surface area contributed by atoms with E-state index in [9.17, 15) is 13.2 Å². The van der Waals surface area contributed by atoms with Crippen molar-refractivity contribution in [3.63, 3.8) is 0 Å². The number of hydrogen-bond donors (Lipinski definition) is 3. The predicted octanol–water partition coefficient (Wildman–Crippen LogP) is 3.59. The average molecular weight is 363 g/mol. The van der Waals surface area contributed by atoms with Crippen molar-refractivity contribution in [3.05, 3.63) is 60.0 Å². The van der Waals surface area contributed by atoms with Crippen LogP contribution in [0.2, 0.25) is 0 Å². The zero-order valence-corrected chi connectivity index (χ0v) is 13.0. The Labute approximate surface area is 145 Å². The van der Waals surface area contributed by atoms with Crippen molar-refractivity contribution >= 4 is 17.5 Å². The van der Waals surface area contributed by atoms with Gasteiger partial charge in [0.1, 0.15) is 5.69 Å². The Hall–Kier alpha value is -3.56. The highest BCUT2D eigenvalue weighted by Gasteiger charge is 2.30. The number of nitrogens with one attached hydrogen (secondary N) is 1. The molecule has 3 rings (SSSR count). The number of oxime groups is 1. The van der Waals surface area contributed by atoms with Crippen molar-refractivity contribution in [1.29, 1.82) is 0 Å². The lowest BCUT2D eigenvalue weighted by molar-refractivity contribution is -0.137. The molecule has 0 saturated carbocycles. The maximum atomic E-state index is 12.6.